The van der Waals surface area contributed by atoms with Gasteiger partial charge in [0.05, 0.1) is 0 Å². The maximum Gasteiger partial charge on any atom is 0.255 e. The highest BCUT2D eigenvalue weighted by atomic mass is 16.2. The van der Waals surface area contributed by atoms with Crippen molar-refractivity contribution in [1.82, 2.24) is 10.2 Å². The van der Waals surface area contributed by atoms with Gasteiger partial charge in [-0.15, -0.1) is 0 Å². The van der Waals surface area contributed by atoms with Crippen LogP contribution in [0.2, 0.25) is 0 Å². The summed E-state index contributed by atoms with van der Waals surface area (Å²) in [5.74, 6) is -0.784. The van der Waals surface area contributed by atoms with E-state index in [-0.39, 0.29) is 24.1 Å². The number of imide groups is 1. The molecule has 3 rings (SSSR count). The molecule has 1 unspecified atom stereocenters. The maximum atomic E-state index is 12.6. The van der Waals surface area contributed by atoms with Gasteiger partial charge in [0.1, 0.15) is 6.04 Å². The zero-order valence-electron chi connectivity index (χ0n) is 13.2. The first-order valence-corrected chi connectivity index (χ1v) is 7.97. The summed E-state index contributed by atoms with van der Waals surface area (Å²) in [6.07, 6.45) is 2.61. The Bertz CT molecular complexity index is 708. The number of fused-ring (bicyclic) bond motifs is 1. The van der Waals surface area contributed by atoms with E-state index in [4.69, 9.17) is 0 Å². The quantitative estimate of drug-likeness (QED) is 0.867. The molecule has 0 saturated carbocycles. The van der Waals surface area contributed by atoms with Crippen LogP contribution >= 0.6 is 0 Å². The Morgan fingerprint density at radius 3 is 2.83 bits per heavy atom. The van der Waals surface area contributed by atoms with Crippen molar-refractivity contribution in [2.75, 3.05) is 0 Å². The third-order valence-corrected chi connectivity index (χ3v) is 4.48. The van der Waals surface area contributed by atoms with Crippen LogP contribution in [0.25, 0.3) is 5.57 Å². The lowest BCUT2D eigenvalue weighted by Gasteiger charge is -2.29. The Morgan fingerprint density at radius 2 is 2.13 bits per heavy atom. The molecule has 1 aromatic carbocycles. The fourth-order valence-electron chi connectivity index (χ4n) is 3.24. The average Bonchev–Trinajstić information content (AvgIpc) is 2.84. The lowest BCUT2D eigenvalue weighted by Crippen LogP contribution is -2.52. The topological polar surface area (TPSA) is 66.5 Å². The predicted molar refractivity (Wildman–Crippen MR) is 86.4 cm³/mol. The van der Waals surface area contributed by atoms with Crippen molar-refractivity contribution in [2.24, 2.45) is 0 Å². The van der Waals surface area contributed by atoms with Gasteiger partial charge >= 0.3 is 0 Å². The van der Waals surface area contributed by atoms with Crippen molar-refractivity contribution in [1.29, 1.82) is 0 Å². The van der Waals surface area contributed by atoms with Gasteiger partial charge in [-0.05, 0) is 41.7 Å². The molecule has 120 valence electrons. The third-order valence-electron chi connectivity index (χ3n) is 4.48. The van der Waals surface area contributed by atoms with Gasteiger partial charge in [-0.25, -0.2) is 0 Å². The molecule has 0 bridgehead atoms. The maximum absolute atomic E-state index is 12.6. The van der Waals surface area contributed by atoms with Crippen molar-refractivity contribution in [3.05, 3.63) is 41.5 Å². The highest BCUT2D eigenvalue weighted by Crippen LogP contribution is 2.30. The number of hydrogen-bond donors (Lipinski definition) is 1. The van der Waals surface area contributed by atoms with Crippen LogP contribution in [0.4, 0.5) is 0 Å². The molecule has 1 saturated heterocycles. The molecule has 23 heavy (non-hydrogen) atoms. The van der Waals surface area contributed by atoms with Gasteiger partial charge in [-0.1, -0.05) is 26.0 Å². The Hall–Kier alpha value is -2.43. The summed E-state index contributed by atoms with van der Waals surface area (Å²) in [4.78, 5) is 37.4. The number of carbonyl (C=O) groups is 3. The number of rotatable bonds is 4. The molecule has 1 fully saturated rings. The molecule has 1 atom stereocenters. The van der Waals surface area contributed by atoms with E-state index >= 15 is 0 Å². The van der Waals surface area contributed by atoms with E-state index in [0.717, 1.165) is 29.5 Å². The van der Waals surface area contributed by atoms with Crippen molar-refractivity contribution in [3.8, 4) is 0 Å². The number of nitrogens with one attached hydrogen (secondary N) is 1. The summed E-state index contributed by atoms with van der Waals surface area (Å²) in [6.45, 7) is 6.60. The number of benzene rings is 1. The average molecular weight is 312 g/mol. The smallest absolute Gasteiger partial charge is 0.255 e. The minimum atomic E-state index is -0.560. The molecule has 0 spiro atoms. The minimum absolute atomic E-state index is 0.137. The van der Waals surface area contributed by atoms with Gasteiger partial charge in [-0.3, -0.25) is 19.7 Å². The highest BCUT2D eigenvalue weighted by Gasteiger charge is 2.39. The van der Waals surface area contributed by atoms with Crippen molar-refractivity contribution in [2.45, 2.75) is 45.2 Å². The summed E-state index contributed by atoms with van der Waals surface area (Å²) in [6, 6.07) is 5.18. The molecule has 2 aliphatic rings. The van der Waals surface area contributed by atoms with Crippen LogP contribution in [-0.4, -0.2) is 28.7 Å². The van der Waals surface area contributed by atoms with Crippen molar-refractivity contribution < 1.29 is 14.4 Å². The second-order valence-corrected chi connectivity index (χ2v) is 6.13. The van der Waals surface area contributed by atoms with Crippen LogP contribution in [0.3, 0.4) is 0 Å². The number of allylic oxidation sites excluding steroid dienone is 1. The van der Waals surface area contributed by atoms with Gasteiger partial charge in [0.25, 0.3) is 5.91 Å². The number of amides is 3. The van der Waals surface area contributed by atoms with E-state index in [1.165, 1.54) is 0 Å². The van der Waals surface area contributed by atoms with Gasteiger partial charge in [0, 0.05) is 18.5 Å². The van der Waals surface area contributed by atoms with Crippen LogP contribution in [0, 0.1) is 0 Å². The van der Waals surface area contributed by atoms with E-state index in [1.807, 2.05) is 18.2 Å². The molecule has 3 amide bonds. The number of nitrogens with zero attached hydrogens (tertiary/aromatic N) is 1. The number of carbonyl (C=O) groups excluding carboxylic acids is 3. The molecule has 0 aromatic heterocycles. The molecule has 0 aliphatic carbocycles. The summed E-state index contributed by atoms with van der Waals surface area (Å²) in [5, 5.41) is 2.31. The zero-order chi connectivity index (χ0) is 16.6. The van der Waals surface area contributed by atoms with Crippen molar-refractivity contribution >= 4 is 23.3 Å². The largest absolute Gasteiger partial charge is 0.322 e. The van der Waals surface area contributed by atoms with Crippen LogP contribution in [0.5, 0.6) is 0 Å². The molecule has 2 aliphatic heterocycles. The fraction of sp³-hybridized carbons (Fsp3) is 0.389. The molecular weight excluding hydrogens is 292 g/mol. The summed E-state index contributed by atoms with van der Waals surface area (Å²) in [5.41, 5.74) is 3.67. The Kier molecular flexibility index (Phi) is 4.03. The van der Waals surface area contributed by atoms with Gasteiger partial charge < -0.3 is 4.90 Å². The standard InChI is InChI=1S/C18H20N2O3/c1-3-4-11(2)12-5-6-14-13(9-12)10-20(18(14)23)15-7-8-16(21)19-17(15)22/h5-6,9,15H,2-4,7-8,10H2,1H3,(H,19,21,22). The molecular formula is C18H20N2O3. The normalized spacial score (nSPS) is 20.5. The lowest BCUT2D eigenvalue weighted by atomic mass is 9.99. The zero-order valence-corrected chi connectivity index (χ0v) is 13.2. The van der Waals surface area contributed by atoms with Crippen molar-refractivity contribution in [3.63, 3.8) is 0 Å². The summed E-state index contributed by atoms with van der Waals surface area (Å²) in [7, 11) is 0. The fourth-order valence-corrected chi connectivity index (χ4v) is 3.24. The molecule has 5 nitrogen and oxygen atoms in total. The van der Waals surface area contributed by atoms with Crippen LogP contribution in [-0.2, 0) is 16.1 Å². The minimum Gasteiger partial charge on any atom is -0.322 e. The number of piperidine rings is 1. The second-order valence-electron chi connectivity index (χ2n) is 6.13. The Balaban J connectivity index is 1.83. The lowest BCUT2D eigenvalue weighted by molar-refractivity contribution is -0.136. The van der Waals surface area contributed by atoms with E-state index in [1.54, 1.807) is 4.90 Å². The van der Waals surface area contributed by atoms with Gasteiger partial charge in [0.15, 0.2) is 0 Å². The van der Waals surface area contributed by atoms with E-state index in [2.05, 4.69) is 18.8 Å². The Labute approximate surface area is 135 Å². The first kappa shape index (κ1) is 15.5. The third kappa shape index (κ3) is 2.79. The van der Waals surface area contributed by atoms with Crippen LogP contribution in [0.1, 0.15) is 54.1 Å². The Morgan fingerprint density at radius 1 is 1.35 bits per heavy atom. The SMILES string of the molecule is C=C(CCC)c1ccc2c(c1)CN(C1CCC(=O)NC1=O)C2=O. The molecule has 0 radical (unpaired) electrons. The van der Waals surface area contributed by atoms with Crippen LogP contribution in [0.15, 0.2) is 24.8 Å². The number of hydrogen-bond acceptors (Lipinski definition) is 3. The second kappa shape index (κ2) is 5.99. The molecule has 5 heteroatoms. The highest BCUT2D eigenvalue weighted by molar-refractivity contribution is 6.05. The first-order chi connectivity index (χ1) is 11.0. The van der Waals surface area contributed by atoms with E-state index in [0.29, 0.717) is 18.5 Å². The van der Waals surface area contributed by atoms with Gasteiger partial charge in [0.2, 0.25) is 11.8 Å². The summed E-state index contributed by atoms with van der Waals surface area (Å²) >= 11 is 0. The van der Waals surface area contributed by atoms with E-state index < -0.39 is 6.04 Å². The van der Waals surface area contributed by atoms with E-state index in [9.17, 15) is 14.4 Å². The monoisotopic (exact) mass is 312 g/mol. The molecule has 2 heterocycles. The first-order valence-electron chi connectivity index (χ1n) is 7.97. The van der Waals surface area contributed by atoms with Crippen LogP contribution < -0.4 is 5.32 Å². The van der Waals surface area contributed by atoms with Gasteiger partial charge in [-0.2, -0.15) is 0 Å². The molecule has 1 N–H and O–H groups in total. The predicted octanol–water partition coefficient (Wildman–Crippen LogP) is 2.26. The molecule has 1 aromatic rings. The summed E-state index contributed by atoms with van der Waals surface area (Å²) < 4.78 is 0.